The summed E-state index contributed by atoms with van der Waals surface area (Å²) in [6.07, 6.45) is 5.16. The van der Waals surface area contributed by atoms with Crippen molar-refractivity contribution in [2.75, 3.05) is 26.3 Å². The number of hydrogen-bond donors (Lipinski definition) is 2. The van der Waals surface area contributed by atoms with E-state index in [4.69, 9.17) is 4.74 Å². The molecule has 5 heteroatoms. The largest absolute Gasteiger partial charge is 0.378 e. The lowest BCUT2D eigenvalue weighted by molar-refractivity contribution is -0.120. The monoisotopic (exact) mass is 304 g/mol. The van der Waals surface area contributed by atoms with Gasteiger partial charge in [0.15, 0.2) is 0 Å². The van der Waals surface area contributed by atoms with Crippen LogP contribution in [0.4, 0.5) is 0 Å². The molecule has 0 fully saturated rings. The van der Waals surface area contributed by atoms with Gasteiger partial charge in [-0.3, -0.25) is 9.59 Å². The van der Waals surface area contributed by atoms with Crippen LogP contribution in [0.15, 0.2) is 42.5 Å². The van der Waals surface area contributed by atoms with Crippen LogP contribution in [-0.2, 0) is 9.53 Å². The molecule has 0 aliphatic carbocycles. The number of rotatable bonds is 10. The SMILES string of the molecule is CC/C=C\CC(=O)NCCOCCNC(=O)c1ccccc1. The molecule has 0 bridgehead atoms. The van der Waals surface area contributed by atoms with Crippen LogP contribution in [0, 0.1) is 0 Å². The van der Waals surface area contributed by atoms with Crippen LogP contribution >= 0.6 is 0 Å². The van der Waals surface area contributed by atoms with Gasteiger partial charge in [-0.15, -0.1) is 0 Å². The van der Waals surface area contributed by atoms with Crippen LogP contribution in [0.25, 0.3) is 0 Å². The topological polar surface area (TPSA) is 67.4 Å². The zero-order valence-electron chi connectivity index (χ0n) is 13.0. The molecule has 0 aliphatic rings. The molecule has 2 amide bonds. The van der Waals surface area contributed by atoms with Crippen LogP contribution in [0.2, 0.25) is 0 Å². The fourth-order valence-electron chi connectivity index (χ4n) is 1.72. The molecule has 120 valence electrons. The van der Waals surface area contributed by atoms with Crippen molar-refractivity contribution in [1.29, 1.82) is 0 Å². The molecule has 2 N–H and O–H groups in total. The van der Waals surface area contributed by atoms with Crippen molar-refractivity contribution in [3.63, 3.8) is 0 Å². The van der Waals surface area contributed by atoms with Gasteiger partial charge in [0.05, 0.1) is 13.2 Å². The van der Waals surface area contributed by atoms with Crippen molar-refractivity contribution >= 4 is 11.8 Å². The van der Waals surface area contributed by atoms with Crippen molar-refractivity contribution in [3.8, 4) is 0 Å². The minimum Gasteiger partial charge on any atom is -0.378 e. The third-order valence-corrected chi connectivity index (χ3v) is 2.84. The van der Waals surface area contributed by atoms with Crippen molar-refractivity contribution in [1.82, 2.24) is 10.6 Å². The third kappa shape index (κ3) is 8.21. The summed E-state index contributed by atoms with van der Waals surface area (Å²) in [5.41, 5.74) is 0.634. The van der Waals surface area contributed by atoms with E-state index >= 15 is 0 Å². The summed E-state index contributed by atoms with van der Waals surface area (Å²) in [5, 5.41) is 5.54. The molecule has 0 saturated heterocycles. The van der Waals surface area contributed by atoms with Gasteiger partial charge in [0.2, 0.25) is 5.91 Å². The zero-order chi connectivity index (χ0) is 16.0. The molecule has 0 aliphatic heterocycles. The number of benzene rings is 1. The number of ether oxygens (including phenoxy) is 1. The molecule has 0 radical (unpaired) electrons. The van der Waals surface area contributed by atoms with Crippen LogP contribution in [0.1, 0.15) is 30.1 Å². The number of hydrogen-bond acceptors (Lipinski definition) is 3. The Morgan fingerprint density at radius 1 is 1.05 bits per heavy atom. The van der Waals surface area contributed by atoms with E-state index in [-0.39, 0.29) is 11.8 Å². The Bertz CT molecular complexity index is 472. The van der Waals surface area contributed by atoms with Gasteiger partial charge in [-0.2, -0.15) is 0 Å². The predicted molar refractivity (Wildman–Crippen MR) is 86.7 cm³/mol. The Hall–Kier alpha value is -2.14. The van der Waals surface area contributed by atoms with Gasteiger partial charge >= 0.3 is 0 Å². The summed E-state index contributed by atoms with van der Waals surface area (Å²) in [5.74, 6) is -0.120. The number of nitrogens with one attached hydrogen (secondary N) is 2. The first-order valence-corrected chi connectivity index (χ1v) is 7.56. The second-order valence-electron chi connectivity index (χ2n) is 4.67. The van der Waals surface area contributed by atoms with E-state index in [1.54, 1.807) is 12.1 Å². The molecule has 0 atom stereocenters. The van der Waals surface area contributed by atoms with Crippen molar-refractivity contribution in [3.05, 3.63) is 48.0 Å². The quantitative estimate of drug-likeness (QED) is 0.512. The molecular formula is C17H24N2O3. The molecule has 0 unspecified atom stereocenters. The standard InChI is InChI=1S/C17H24N2O3/c1-2-3-5-10-16(20)18-11-13-22-14-12-19-17(21)15-8-6-4-7-9-15/h3-9H,2,10-14H2,1H3,(H,18,20)(H,19,21)/b5-3-. The molecule has 0 heterocycles. The lowest BCUT2D eigenvalue weighted by Crippen LogP contribution is -2.29. The van der Waals surface area contributed by atoms with Gasteiger partial charge in [-0.25, -0.2) is 0 Å². The van der Waals surface area contributed by atoms with E-state index < -0.39 is 0 Å². The molecule has 0 saturated carbocycles. The van der Waals surface area contributed by atoms with Crippen molar-refractivity contribution in [2.45, 2.75) is 19.8 Å². The van der Waals surface area contributed by atoms with Crippen LogP contribution in [-0.4, -0.2) is 38.1 Å². The first kappa shape index (κ1) is 17.9. The van der Waals surface area contributed by atoms with Gasteiger partial charge in [-0.05, 0) is 18.6 Å². The maximum absolute atomic E-state index is 11.7. The molecule has 0 spiro atoms. The Morgan fingerprint density at radius 2 is 1.73 bits per heavy atom. The minimum absolute atomic E-state index is 0.00863. The molecule has 1 rings (SSSR count). The molecule has 0 aromatic heterocycles. The molecule has 22 heavy (non-hydrogen) atoms. The van der Waals surface area contributed by atoms with Gasteiger partial charge in [0, 0.05) is 25.1 Å². The highest BCUT2D eigenvalue weighted by Gasteiger charge is 2.02. The van der Waals surface area contributed by atoms with E-state index in [1.807, 2.05) is 37.3 Å². The van der Waals surface area contributed by atoms with Gasteiger partial charge in [-0.1, -0.05) is 37.3 Å². The van der Waals surface area contributed by atoms with E-state index in [0.29, 0.717) is 38.3 Å². The summed E-state index contributed by atoms with van der Waals surface area (Å²) in [6.45, 7) is 3.81. The summed E-state index contributed by atoms with van der Waals surface area (Å²) in [6, 6.07) is 9.04. The van der Waals surface area contributed by atoms with E-state index in [0.717, 1.165) is 6.42 Å². The lowest BCUT2D eigenvalue weighted by Gasteiger charge is -2.07. The predicted octanol–water partition coefficient (Wildman–Crippen LogP) is 1.91. The maximum atomic E-state index is 11.7. The van der Waals surface area contributed by atoms with E-state index in [1.165, 1.54) is 0 Å². The van der Waals surface area contributed by atoms with Crippen molar-refractivity contribution < 1.29 is 14.3 Å². The highest BCUT2D eigenvalue weighted by atomic mass is 16.5. The molecule has 1 aromatic carbocycles. The molecule has 5 nitrogen and oxygen atoms in total. The van der Waals surface area contributed by atoms with Crippen LogP contribution < -0.4 is 10.6 Å². The summed E-state index contributed by atoms with van der Waals surface area (Å²) < 4.78 is 5.35. The summed E-state index contributed by atoms with van der Waals surface area (Å²) in [7, 11) is 0. The van der Waals surface area contributed by atoms with Gasteiger partial charge in [0.1, 0.15) is 0 Å². The van der Waals surface area contributed by atoms with Crippen molar-refractivity contribution in [2.24, 2.45) is 0 Å². The maximum Gasteiger partial charge on any atom is 0.251 e. The second kappa shape index (κ2) is 11.5. The van der Waals surface area contributed by atoms with E-state index in [2.05, 4.69) is 10.6 Å². The first-order valence-electron chi connectivity index (χ1n) is 7.56. The average molecular weight is 304 g/mol. The third-order valence-electron chi connectivity index (χ3n) is 2.84. The zero-order valence-corrected chi connectivity index (χ0v) is 13.0. The fourth-order valence-corrected chi connectivity index (χ4v) is 1.72. The summed E-state index contributed by atoms with van der Waals surface area (Å²) >= 11 is 0. The van der Waals surface area contributed by atoms with Gasteiger partial charge in [0.25, 0.3) is 5.91 Å². The molecular weight excluding hydrogens is 280 g/mol. The normalized spacial score (nSPS) is 10.6. The van der Waals surface area contributed by atoms with Crippen LogP contribution in [0.5, 0.6) is 0 Å². The highest BCUT2D eigenvalue weighted by molar-refractivity contribution is 5.94. The van der Waals surface area contributed by atoms with Gasteiger partial charge < -0.3 is 15.4 Å². The Labute approximate surface area is 131 Å². The molecule has 1 aromatic rings. The second-order valence-corrected chi connectivity index (χ2v) is 4.67. The first-order chi connectivity index (χ1) is 10.7. The Morgan fingerprint density at radius 3 is 2.41 bits per heavy atom. The number of carbonyl (C=O) groups excluding carboxylic acids is 2. The van der Waals surface area contributed by atoms with E-state index in [9.17, 15) is 9.59 Å². The Balaban J connectivity index is 1.99. The number of carbonyl (C=O) groups is 2. The lowest BCUT2D eigenvalue weighted by atomic mass is 10.2. The van der Waals surface area contributed by atoms with Crippen LogP contribution in [0.3, 0.4) is 0 Å². The number of allylic oxidation sites excluding steroid dienone is 1. The Kier molecular flexibility index (Phi) is 9.37. The number of amides is 2. The fraction of sp³-hybridized carbons (Fsp3) is 0.412. The highest BCUT2D eigenvalue weighted by Crippen LogP contribution is 1.97. The summed E-state index contributed by atoms with van der Waals surface area (Å²) in [4.78, 5) is 23.1. The smallest absolute Gasteiger partial charge is 0.251 e. The minimum atomic E-state index is -0.111. The average Bonchev–Trinajstić information content (AvgIpc) is 2.55.